The molecule has 23 heavy (non-hydrogen) atoms. The maximum Gasteiger partial charge on any atom is 0.262 e. The first-order valence-corrected chi connectivity index (χ1v) is 7.78. The van der Waals surface area contributed by atoms with Crippen molar-refractivity contribution < 1.29 is 4.42 Å². The van der Waals surface area contributed by atoms with E-state index in [9.17, 15) is 4.79 Å². The van der Waals surface area contributed by atoms with Gasteiger partial charge in [0.15, 0.2) is 4.77 Å². The molecule has 1 N–H and O–H groups in total. The van der Waals surface area contributed by atoms with Crippen LogP contribution in [0.15, 0.2) is 63.8 Å². The van der Waals surface area contributed by atoms with E-state index in [0.717, 1.165) is 16.5 Å². The fraction of sp³-hybridized carbons (Fsp3) is 0.111. The third kappa shape index (κ3) is 2.21. The van der Waals surface area contributed by atoms with Crippen molar-refractivity contribution in [3.05, 3.63) is 75.5 Å². The van der Waals surface area contributed by atoms with E-state index in [2.05, 4.69) is 4.98 Å². The van der Waals surface area contributed by atoms with Crippen LogP contribution in [0.2, 0.25) is 0 Å². The number of fused-ring (bicyclic) bond motifs is 2. The van der Waals surface area contributed by atoms with Crippen LogP contribution >= 0.6 is 12.2 Å². The van der Waals surface area contributed by atoms with Crippen molar-refractivity contribution in [2.75, 3.05) is 0 Å². The highest BCUT2D eigenvalue weighted by Gasteiger charge is 2.17. The molecule has 114 valence electrons. The van der Waals surface area contributed by atoms with Crippen molar-refractivity contribution in [2.24, 2.45) is 0 Å². The van der Waals surface area contributed by atoms with E-state index < -0.39 is 0 Å². The van der Waals surface area contributed by atoms with Gasteiger partial charge in [-0.05, 0) is 43.4 Å². The normalized spacial score (nSPS) is 12.7. The van der Waals surface area contributed by atoms with Crippen LogP contribution in [0.1, 0.15) is 18.7 Å². The topological polar surface area (TPSA) is 50.9 Å². The standard InChI is InChI=1S/C18H14N2O2S/c1-11(16-10-12-6-2-5-9-15(12)22-16)20-17(21)13-7-3-4-8-14(13)19-18(20)23/h2-11H,1H3,(H,19,23). The molecule has 1 atom stereocenters. The largest absolute Gasteiger partial charge is 0.459 e. The minimum atomic E-state index is -0.289. The lowest BCUT2D eigenvalue weighted by atomic mass is 10.2. The molecule has 0 radical (unpaired) electrons. The quantitative estimate of drug-likeness (QED) is 0.556. The molecule has 0 bridgehead atoms. The molecule has 4 nitrogen and oxygen atoms in total. The second-order valence-electron chi connectivity index (χ2n) is 5.51. The Bertz CT molecular complexity index is 1100. The summed E-state index contributed by atoms with van der Waals surface area (Å²) in [5.74, 6) is 0.711. The summed E-state index contributed by atoms with van der Waals surface area (Å²) in [6.07, 6.45) is 0. The summed E-state index contributed by atoms with van der Waals surface area (Å²) in [7, 11) is 0. The van der Waals surface area contributed by atoms with Crippen molar-refractivity contribution in [2.45, 2.75) is 13.0 Å². The summed E-state index contributed by atoms with van der Waals surface area (Å²) in [4.78, 5) is 15.9. The minimum Gasteiger partial charge on any atom is -0.459 e. The number of aromatic amines is 1. The number of furan rings is 1. The molecule has 0 spiro atoms. The number of rotatable bonds is 2. The van der Waals surface area contributed by atoms with E-state index in [0.29, 0.717) is 15.9 Å². The van der Waals surface area contributed by atoms with E-state index in [1.165, 1.54) is 0 Å². The third-order valence-corrected chi connectivity index (χ3v) is 4.38. The first-order chi connectivity index (χ1) is 11.1. The molecule has 0 aliphatic carbocycles. The fourth-order valence-corrected chi connectivity index (χ4v) is 3.21. The van der Waals surface area contributed by atoms with Crippen molar-refractivity contribution >= 4 is 34.1 Å². The molecular weight excluding hydrogens is 308 g/mol. The van der Waals surface area contributed by atoms with Gasteiger partial charge < -0.3 is 9.40 Å². The average Bonchev–Trinajstić information content (AvgIpc) is 2.99. The SMILES string of the molecule is CC(c1cc2ccccc2o1)n1c(=S)[nH]c2ccccc2c1=O. The van der Waals surface area contributed by atoms with Gasteiger partial charge in [0.1, 0.15) is 11.3 Å². The Morgan fingerprint density at radius 1 is 1.13 bits per heavy atom. The number of benzene rings is 2. The summed E-state index contributed by atoms with van der Waals surface area (Å²) in [5.41, 5.74) is 1.44. The lowest BCUT2D eigenvalue weighted by Crippen LogP contribution is -2.25. The second-order valence-corrected chi connectivity index (χ2v) is 5.90. The van der Waals surface area contributed by atoms with E-state index >= 15 is 0 Å². The molecule has 0 saturated carbocycles. The van der Waals surface area contributed by atoms with Gasteiger partial charge in [-0.25, -0.2) is 0 Å². The Balaban J connectivity index is 1.94. The highest BCUT2D eigenvalue weighted by Crippen LogP contribution is 2.25. The summed E-state index contributed by atoms with van der Waals surface area (Å²) >= 11 is 5.39. The van der Waals surface area contributed by atoms with E-state index in [1.807, 2.05) is 55.5 Å². The van der Waals surface area contributed by atoms with Gasteiger partial charge in [0.05, 0.1) is 16.9 Å². The van der Waals surface area contributed by atoms with Crippen molar-refractivity contribution in [3.63, 3.8) is 0 Å². The van der Waals surface area contributed by atoms with E-state index in [1.54, 1.807) is 10.6 Å². The van der Waals surface area contributed by atoms with Crippen molar-refractivity contribution in [1.82, 2.24) is 9.55 Å². The summed E-state index contributed by atoms with van der Waals surface area (Å²) in [6, 6.07) is 16.8. The first kappa shape index (κ1) is 14.0. The van der Waals surface area contributed by atoms with Crippen LogP contribution in [0.5, 0.6) is 0 Å². The Kier molecular flexibility index (Phi) is 3.16. The number of hydrogen-bond donors (Lipinski definition) is 1. The molecule has 0 amide bonds. The maximum absolute atomic E-state index is 12.8. The number of aromatic nitrogens is 2. The molecule has 1 unspecified atom stereocenters. The van der Waals surface area contributed by atoms with Crippen LogP contribution in [0, 0.1) is 4.77 Å². The van der Waals surface area contributed by atoms with Gasteiger partial charge in [-0.15, -0.1) is 0 Å². The van der Waals surface area contributed by atoms with Crippen LogP contribution in [-0.4, -0.2) is 9.55 Å². The van der Waals surface area contributed by atoms with Crippen LogP contribution in [0.3, 0.4) is 0 Å². The van der Waals surface area contributed by atoms with Gasteiger partial charge in [-0.2, -0.15) is 0 Å². The highest BCUT2D eigenvalue weighted by molar-refractivity contribution is 7.71. The van der Waals surface area contributed by atoms with Crippen LogP contribution in [0.25, 0.3) is 21.9 Å². The smallest absolute Gasteiger partial charge is 0.262 e. The number of para-hydroxylation sites is 2. The minimum absolute atomic E-state index is 0.114. The van der Waals surface area contributed by atoms with Crippen molar-refractivity contribution in [1.29, 1.82) is 0 Å². The summed E-state index contributed by atoms with van der Waals surface area (Å²) in [6.45, 7) is 1.91. The van der Waals surface area contributed by atoms with Gasteiger partial charge in [0, 0.05) is 5.39 Å². The Labute approximate surface area is 137 Å². The van der Waals surface area contributed by atoms with Gasteiger partial charge in [0.2, 0.25) is 0 Å². The Morgan fingerprint density at radius 3 is 2.70 bits per heavy atom. The molecule has 2 aromatic carbocycles. The van der Waals surface area contributed by atoms with Crippen LogP contribution in [-0.2, 0) is 0 Å². The number of nitrogens with zero attached hydrogens (tertiary/aromatic N) is 1. The van der Waals surface area contributed by atoms with Crippen LogP contribution < -0.4 is 5.56 Å². The molecule has 2 heterocycles. The predicted octanol–water partition coefficient (Wildman–Crippen LogP) is 4.41. The molecule has 0 fully saturated rings. The Hall–Kier alpha value is -2.66. The molecule has 0 aliphatic heterocycles. The third-order valence-electron chi connectivity index (χ3n) is 4.08. The molecular formula is C18H14N2O2S. The first-order valence-electron chi connectivity index (χ1n) is 7.37. The number of H-pyrrole nitrogens is 1. The Morgan fingerprint density at radius 2 is 1.87 bits per heavy atom. The highest BCUT2D eigenvalue weighted by atomic mass is 32.1. The van der Waals surface area contributed by atoms with E-state index in [-0.39, 0.29) is 11.6 Å². The molecule has 5 heteroatoms. The molecule has 4 aromatic rings. The second kappa shape index (κ2) is 5.21. The average molecular weight is 322 g/mol. The maximum atomic E-state index is 12.8. The van der Waals surface area contributed by atoms with Gasteiger partial charge in [0.25, 0.3) is 5.56 Å². The fourth-order valence-electron chi connectivity index (χ4n) is 2.86. The molecule has 4 rings (SSSR count). The monoisotopic (exact) mass is 322 g/mol. The molecule has 0 aliphatic rings. The van der Waals surface area contributed by atoms with Gasteiger partial charge in [-0.1, -0.05) is 30.3 Å². The number of hydrogen-bond acceptors (Lipinski definition) is 3. The summed E-state index contributed by atoms with van der Waals surface area (Å²) < 4.78 is 7.84. The zero-order chi connectivity index (χ0) is 16.0. The van der Waals surface area contributed by atoms with Crippen molar-refractivity contribution in [3.8, 4) is 0 Å². The number of nitrogens with one attached hydrogen (secondary N) is 1. The zero-order valence-corrected chi connectivity index (χ0v) is 13.3. The lowest BCUT2D eigenvalue weighted by Gasteiger charge is -2.13. The summed E-state index contributed by atoms with van der Waals surface area (Å²) in [5, 5.41) is 1.63. The van der Waals surface area contributed by atoms with E-state index in [4.69, 9.17) is 16.6 Å². The zero-order valence-electron chi connectivity index (χ0n) is 12.4. The van der Waals surface area contributed by atoms with Crippen LogP contribution in [0.4, 0.5) is 0 Å². The lowest BCUT2D eigenvalue weighted by molar-refractivity contribution is 0.459. The van der Waals surface area contributed by atoms with Gasteiger partial charge in [-0.3, -0.25) is 9.36 Å². The molecule has 2 aromatic heterocycles. The van der Waals surface area contributed by atoms with Gasteiger partial charge >= 0.3 is 0 Å². The molecule has 0 saturated heterocycles. The predicted molar refractivity (Wildman–Crippen MR) is 93.4 cm³/mol.